The lowest BCUT2D eigenvalue weighted by atomic mass is 10.0. The molecule has 0 aromatic carbocycles. The molecule has 2 rings (SSSR count). The number of hydrogen-bond donors (Lipinski definition) is 0. The lowest BCUT2D eigenvalue weighted by molar-refractivity contribution is -0.149. The van der Waals surface area contributed by atoms with Crippen LogP contribution in [0, 0.1) is 0 Å². The van der Waals surface area contributed by atoms with Gasteiger partial charge in [-0.15, -0.1) is 0 Å². The Bertz CT molecular complexity index is 218. The van der Waals surface area contributed by atoms with Gasteiger partial charge in [-0.2, -0.15) is 0 Å². The molecule has 0 bridgehead atoms. The molecule has 2 atom stereocenters. The van der Waals surface area contributed by atoms with Crippen LogP contribution in [0.25, 0.3) is 0 Å². The summed E-state index contributed by atoms with van der Waals surface area (Å²) in [7, 11) is 0. The smallest absolute Gasteiger partial charge is 0.308 e. The first-order chi connectivity index (χ1) is 6.34. The van der Waals surface area contributed by atoms with Gasteiger partial charge in [-0.3, -0.25) is 4.79 Å². The summed E-state index contributed by atoms with van der Waals surface area (Å²) < 4.78 is 10.2. The summed E-state index contributed by atoms with van der Waals surface area (Å²) in [5.74, 6) is -0.109. The van der Waals surface area contributed by atoms with Crippen molar-refractivity contribution < 1.29 is 14.3 Å². The predicted molar refractivity (Wildman–Crippen MR) is 47.2 cm³/mol. The van der Waals surface area contributed by atoms with E-state index in [2.05, 4.69) is 12.2 Å². The molecule has 1 heterocycles. The van der Waals surface area contributed by atoms with Gasteiger partial charge < -0.3 is 9.47 Å². The van der Waals surface area contributed by atoms with Crippen LogP contribution in [0.1, 0.15) is 25.7 Å². The third kappa shape index (κ3) is 2.84. The molecular formula is C10H14O3. The third-order valence-corrected chi connectivity index (χ3v) is 2.32. The zero-order chi connectivity index (χ0) is 9.10. The van der Waals surface area contributed by atoms with Crippen LogP contribution in [0.5, 0.6) is 0 Å². The highest BCUT2D eigenvalue weighted by molar-refractivity contribution is 5.70. The van der Waals surface area contributed by atoms with Gasteiger partial charge in [0, 0.05) is 6.42 Å². The van der Waals surface area contributed by atoms with E-state index in [4.69, 9.17) is 9.47 Å². The Kier molecular flexibility index (Phi) is 2.64. The van der Waals surface area contributed by atoms with Crippen molar-refractivity contribution >= 4 is 5.97 Å². The van der Waals surface area contributed by atoms with E-state index in [1.54, 1.807) is 0 Å². The molecule has 0 aromatic heterocycles. The summed E-state index contributed by atoms with van der Waals surface area (Å²) >= 11 is 0. The number of hydrogen-bond acceptors (Lipinski definition) is 3. The molecule has 1 aliphatic heterocycles. The van der Waals surface area contributed by atoms with Crippen LogP contribution in [0.3, 0.4) is 0 Å². The molecule has 0 N–H and O–H groups in total. The highest BCUT2D eigenvalue weighted by atomic mass is 16.6. The van der Waals surface area contributed by atoms with E-state index in [9.17, 15) is 4.79 Å². The molecule has 3 nitrogen and oxygen atoms in total. The van der Waals surface area contributed by atoms with Gasteiger partial charge in [0.1, 0.15) is 6.10 Å². The maximum Gasteiger partial charge on any atom is 0.308 e. The third-order valence-electron chi connectivity index (χ3n) is 2.32. The SMILES string of the molecule is O=C(CC1CO1)OC1CC=CCC1. The van der Waals surface area contributed by atoms with E-state index in [0.717, 1.165) is 25.9 Å². The summed E-state index contributed by atoms with van der Waals surface area (Å²) in [6, 6.07) is 0. The Morgan fingerprint density at radius 3 is 3.00 bits per heavy atom. The van der Waals surface area contributed by atoms with Gasteiger partial charge in [0.2, 0.25) is 0 Å². The van der Waals surface area contributed by atoms with Crippen molar-refractivity contribution in [1.82, 2.24) is 0 Å². The molecule has 0 radical (unpaired) electrons. The highest BCUT2D eigenvalue weighted by Crippen LogP contribution is 2.18. The molecule has 13 heavy (non-hydrogen) atoms. The van der Waals surface area contributed by atoms with Gasteiger partial charge in [0.25, 0.3) is 0 Å². The van der Waals surface area contributed by atoms with Crippen LogP contribution >= 0.6 is 0 Å². The van der Waals surface area contributed by atoms with Crippen LogP contribution < -0.4 is 0 Å². The molecule has 3 heteroatoms. The first-order valence-electron chi connectivity index (χ1n) is 4.80. The number of ether oxygens (including phenoxy) is 2. The van der Waals surface area contributed by atoms with Crippen LogP contribution in [0.15, 0.2) is 12.2 Å². The summed E-state index contributed by atoms with van der Waals surface area (Å²) in [6.07, 6.45) is 7.76. The fourth-order valence-corrected chi connectivity index (χ4v) is 1.48. The lowest BCUT2D eigenvalue weighted by Crippen LogP contribution is -2.20. The number of carbonyl (C=O) groups excluding carboxylic acids is 1. The second-order valence-corrected chi connectivity index (χ2v) is 3.56. The minimum absolute atomic E-state index is 0.108. The van der Waals surface area contributed by atoms with E-state index < -0.39 is 0 Å². The fourth-order valence-electron chi connectivity index (χ4n) is 1.48. The molecule has 0 spiro atoms. The molecule has 0 amide bonds. The number of epoxide rings is 1. The van der Waals surface area contributed by atoms with E-state index in [1.165, 1.54) is 0 Å². The van der Waals surface area contributed by atoms with Crippen molar-refractivity contribution in [2.45, 2.75) is 37.9 Å². The van der Waals surface area contributed by atoms with Crippen molar-refractivity contribution in [2.75, 3.05) is 6.61 Å². The van der Waals surface area contributed by atoms with Gasteiger partial charge >= 0.3 is 5.97 Å². The zero-order valence-electron chi connectivity index (χ0n) is 7.57. The van der Waals surface area contributed by atoms with E-state index in [0.29, 0.717) is 6.42 Å². The summed E-state index contributed by atoms with van der Waals surface area (Å²) in [5.41, 5.74) is 0. The topological polar surface area (TPSA) is 38.8 Å². The maximum absolute atomic E-state index is 11.2. The van der Waals surface area contributed by atoms with E-state index in [1.807, 2.05) is 0 Å². The van der Waals surface area contributed by atoms with Crippen molar-refractivity contribution in [2.24, 2.45) is 0 Å². The Hall–Kier alpha value is -0.830. The van der Waals surface area contributed by atoms with Crippen molar-refractivity contribution in [1.29, 1.82) is 0 Å². The minimum atomic E-state index is -0.109. The van der Waals surface area contributed by atoms with E-state index >= 15 is 0 Å². The predicted octanol–water partition coefficient (Wildman–Crippen LogP) is 1.43. The highest BCUT2D eigenvalue weighted by Gasteiger charge is 2.27. The number of esters is 1. The summed E-state index contributed by atoms with van der Waals surface area (Å²) in [5, 5.41) is 0. The Labute approximate surface area is 77.7 Å². The number of carbonyl (C=O) groups is 1. The van der Waals surface area contributed by atoms with Crippen LogP contribution in [0.2, 0.25) is 0 Å². The quantitative estimate of drug-likeness (QED) is 0.376. The van der Waals surface area contributed by atoms with Crippen molar-refractivity contribution in [3.8, 4) is 0 Å². The lowest BCUT2D eigenvalue weighted by Gasteiger charge is -2.17. The summed E-state index contributed by atoms with van der Waals surface area (Å²) in [4.78, 5) is 11.2. The Balaban J connectivity index is 1.69. The summed E-state index contributed by atoms with van der Waals surface area (Å²) in [6.45, 7) is 0.722. The van der Waals surface area contributed by atoms with Gasteiger partial charge in [0.15, 0.2) is 0 Å². The molecule has 72 valence electrons. The molecule has 0 saturated carbocycles. The standard InChI is InChI=1S/C10H14O3/c11-10(6-9-7-12-9)13-8-4-2-1-3-5-8/h1-2,8-9H,3-7H2. The maximum atomic E-state index is 11.2. The molecule has 2 unspecified atom stereocenters. The van der Waals surface area contributed by atoms with Gasteiger partial charge in [0.05, 0.1) is 19.1 Å². The molecule has 0 aromatic rings. The molecule has 1 aliphatic carbocycles. The fraction of sp³-hybridized carbons (Fsp3) is 0.700. The average Bonchev–Trinajstić information content (AvgIpc) is 2.90. The van der Waals surface area contributed by atoms with Crippen molar-refractivity contribution in [3.05, 3.63) is 12.2 Å². The second-order valence-electron chi connectivity index (χ2n) is 3.56. The normalized spacial score (nSPS) is 31.4. The first kappa shape index (κ1) is 8.75. The average molecular weight is 182 g/mol. The second kappa shape index (κ2) is 3.92. The largest absolute Gasteiger partial charge is 0.462 e. The minimum Gasteiger partial charge on any atom is -0.462 e. The molecular weight excluding hydrogens is 168 g/mol. The number of allylic oxidation sites excluding steroid dienone is 1. The van der Waals surface area contributed by atoms with Crippen molar-refractivity contribution in [3.63, 3.8) is 0 Å². The van der Waals surface area contributed by atoms with Crippen LogP contribution in [-0.2, 0) is 14.3 Å². The number of rotatable bonds is 3. The Morgan fingerprint density at radius 1 is 1.54 bits per heavy atom. The van der Waals surface area contributed by atoms with Gasteiger partial charge in [-0.05, 0) is 12.8 Å². The van der Waals surface area contributed by atoms with Crippen LogP contribution in [-0.4, -0.2) is 24.8 Å². The molecule has 1 saturated heterocycles. The molecule has 2 aliphatic rings. The van der Waals surface area contributed by atoms with Gasteiger partial charge in [-0.25, -0.2) is 0 Å². The van der Waals surface area contributed by atoms with E-state index in [-0.39, 0.29) is 18.2 Å². The monoisotopic (exact) mass is 182 g/mol. The molecule has 1 fully saturated rings. The first-order valence-corrected chi connectivity index (χ1v) is 4.80. The van der Waals surface area contributed by atoms with Crippen LogP contribution in [0.4, 0.5) is 0 Å². The zero-order valence-corrected chi connectivity index (χ0v) is 7.57. The Morgan fingerprint density at radius 2 is 2.38 bits per heavy atom. The van der Waals surface area contributed by atoms with Gasteiger partial charge in [-0.1, -0.05) is 12.2 Å².